The summed E-state index contributed by atoms with van der Waals surface area (Å²) in [4.78, 5) is 28.0. The second-order valence-electron chi connectivity index (χ2n) is 7.13. The fourth-order valence-corrected chi connectivity index (χ4v) is 3.39. The highest BCUT2D eigenvalue weighted by Gasteiger charge is 2.09. The predicted molar refractivity (Wildman–Crippen MR) is 126 cm³/mol. The third-order valence-corrected chi connectivity index (χ3v) is 5.03. The standard InChI is InChI=1S/C24H23N7O/c1-26-14-20(12-25)19-4-2-18(3-5-19)13-27-23-11-21(29-16-30-23)22-15-28-24-10-17(7-9-32)6-8-31(22)24/h2-6,8-12,14-16H,7,13,25H2,1H3,(H,27,29,30)/b20-12+,26-14?. The van der Waals surface area contributed by atoms with Gasteiger partial charge in [-0.1, -0.05) is 24.3 Å². The molecule has 0 spiro atoms. The van der Waals surface area contributed by atoms with E-state index >= 15 is 0 Å². The topological polar surface area (TPSA) is 111 Å². The van der Waals surface area contributed by atoms with Gasteiger partial charge in [0.1, 0.15) is 24.1 Å². The number of pyridine rings is 1. The molecule has 0 aliphatic heterocycles. The SMILES string of the molecule is CN=C/C(=C\N)c1ccc(CNc2cc(-c3cnc4cc(CC=O)ccn34)ncn2)cc1. The van der Waals surface area contributed by atoms with E-state index in [0.29, 0.717) is 18.8 Å². The van der Waals surface area contributed by atoms with Gasteiger partial charge in [0.2, 0.25) is 0 Å². The van der Waals surface area contributed by atoms with Crippen LogP contribution in [0.4, 0.5) is 5.82 Å². The third-order valence-electron chi connectivity index (χ3n) is 5.03. The van der Waals surface area contributed by atoms with Gasteiger partial charge in [-0.3, -0.25) is 9.39 Å². The zero-order chi connectivity index (χ0) is 22.3. The molecule has 0 fully saturated rings. The van der Waals surface area contributed by atoms with E-state index in [1.807, 2.05) is 53.1 Å². The molecular formula is C24H23N7O. The van der Waals surface area contributed by atoms with Gasteiger partial charge in [0.15, 0.2) is 0 Å². The Hall–Kier alpha value is -4.33. The summed E-state index contributed by atoms with van der Waals surface area (Å²) in [6.45, 7) is 0.614. The zero-order valence-corrected chi connectivity index (χ0v) is 17.6. The Morgan fingerprint density at radius 3 is 2.72 bits per heavy atom. The van der Waals surface area contributed by atoms with E-state index in [-0.39, 0.29) is 0 Å². The van der Waals surface area contributed by atoms with Crippen molar-refractivity contribution in [3.05, 3.63) is 84.1 Å². The maximum Gasteiger partial charge on any atom is 0.137 e. The molecule has 0 aliphatic carbocycles. The van der Waals surface area contributed by atoms with Crippen LogP contribution < -0.4 is 11.1 Å². The molecule has 0 saturated heterocycles. The van der Waals surface area contributed by atoms with Crippen LogP contribution in [0.5, 0.6) is 0 Å². The lowest BCUT2D eigenvalue weighted by Gasteiger charge is -2.08. The van der Waals surface area contributed by atoms with Gasteiger partial charge in [0, 0.05) is 50.3 Å². The minimum Gasteiger partial charge on any atom is -0.404 e. The molecular weight excluding hydrogens is 402 g/mol. The molecule has 4 rings (SSSR count). The molecule has 0 unspecified atom stereocenters. The molecule has 1 aromatic carbocycles. The number of hydrogen-bond acceptors (Lipinski definition) is 7. The van der Waals surface area contributed by atoms with Crippen LogP contribution in [0, 0.1) is 0 Å². The smallest absolute Gasteiger partial charge is 0.137 e. The normalized spacial score (nSPS) is 11.8. The lowest BCUT2D eigenvalue weighted by atomic mass is 10.1. The van der Waals surface area contributed by atoms with Crippen molar-refractivity contribution in [1.82, 2.24) is 19.4 Å². The van der Waals surface area contributed by atoms with Crippen LogP contribution in [0.1, 0.15) is 16.7 Å². The third kappa shape index (κ3) is 4.54. The highest BCUT2D eigenvalue weighted by molar-refractivity contribution is 6.09. The Labute approximate surface area is 185 Å². The summed E-state index contributed by atoms with van der Waals surface area (Å²) in [6, 6.07) is 13.8. The molecule has 4 aromatic rings. The number of hydrogen-bond donors (Lipinski definition) is 2. The lowest BCUT2D eigenvalue weighted by molar-refractivity contribution is -0.107. The van der Waals surface area contributed by atoms with Gasteiger partial charge < -0.3 is 15.8 Å². The molecule has 0 saturated carbocycles. The van der Waals surface area contributed by atoms with Gasteiger partial charge in [0.25, 0.3) is 0 Å². The molecule has 0 radical (unpaired) electrons. The molecule has 0 bridgehead atoms. The fourth-order valence-electron chi connectivity index (χ4n) is 3.39. The van der Waals surface area contributed by atoms with Gasteiger partial charge in [-0.2, -0.15) is 0 Å². The van der Waals surface area contributed by atoms with Gasteiger partial charge in [0.05, 0.1) is 17.6 Å². The number of nitrogens with one attached hydrogen (secondary N) is 1. The number of carbonyl (C=O) groups excluding carboxylic acids is 1. The van der Waals surface area contributed by atoms with E-state index in [1.54, 1.807) is 25.7 Å². The van der Waals surface area contributed by atoms with E-state index in [0.717, 1.165) is 45.6 Å². The Kier molecular flexibility index (Phi) is 6.31. The minimum absolute atomic E-state index is 0.372. The Morgan fingerprint density at radius 2 is 1.97 bits per heavy atom. The first-order valence-electron chi connectivity index (χ1n) is 10.1. The number of anilines is 1. The summed E-state index contributed by atoms with van der Waals surface area (Å²) in [7, 11) is 1.72. The van der Waals surface area contributed by atoms with E-state index in [4.69, 9.17) is 5.73 Å². The molecule has 3 heterocycles. The van der Waals surface area contributed by atoms with E-state index in [9.17, 15) is 4.79 Å². The van der Waals surface area contributed by atoms with Gasteiger partial charge >= 0.3 is 0 Å². The molecule has 0 aliphatic rings. The molecule has 32 heavy (non-hydrogen) atoms. The van der Waals surface area contributed by atoms with Crippen molar-refractivity contribution >= 4 is 29.5 Å². The van der Waals surface area contributed by atoms with Gasteiger partial charge in [-0.25, -0.2) is 15.0 Å². The summed E-state index contributed by atoms with van der Waals surface area (Å²) in [5.41, 5.74) is 12.0. The van der Waals surface area contributed by atoms with E-state index in [1.165, 1.54) is 6.33 Å². The number of aromatic nitrogens is 4. The highest BCUT2D eigenvalue weighted by atomic mass is 16.1. The second kappa shape index (κ2) is 9.65. The monoisotopic (exact) mass is 425 g/mol. The Balaban J connectivity index is 1.49. The number of imidazole rings is 1. The molecule has 3 N–H and O–H groups in total. The molecule has 8 heteroatoms. The van der Waals surface area contributed by atoms with E-state index < -0.39 is 0 Å². The second-order valence-corrected chi connectivity index (χ2v) is 7.13. The fraction of sp³-hybridized carbons (Fsp3) is 0.125. The van der Waals surface area contributed by atoms with Crippen LogP contribution in [0.15, 0.2) is 72.4 Å². The number of nitrogens with two attached hydrogens (primary N) is 1. The number of aliphatic imine (C=N–C) groups is 1. The van der Waals surface area contributed by atoms with Crippen molar-refractivity contribution in [3.8, 4) is 11.4 Å². The van der Waals surface area contributed by atoms with Crippen molar-refractivity contribution in [3.63, 3.8) is 0 Å². The number of carbonyl (C=O) groups is 1. The molecule has 160 valence electrons. The van der Waals surface area contributed by atoms with Crippen molar-refractivity contribution in [2.45, 2.75) is 13.0 Å². The average molecular weight is 425 g/mol. The van der Waals surface area contributed by atoms with Crippen LogP contribution in [0.25, 0.3) is 22.6 Å². The first-order valence-corrected chi connectivity index (χ1v) is 10.1. The Bertz CT molecular complexity index is 1290. The number of fused-ring (bicyclic) bond motifs is 1. The largest absolute Gasteiger partial charge is 0.404 e. The first-order chi connectivity index (χ1) is 15.7. The summed E-state index contributed by atoms with van der Waals surface area (Å²) < 4.78 is 1.95. The maximum absolute atomic E-state index is 10.8. The van der Waals surface area contributed by atoms with Crippen molar-refractivity contribution in [2.24, 2.45) is 10.7 Å². The quantitative estimate of drug-likeness (QED) is 0.331. The number of aldehydes is 1. The van der Waals surface area contributed by atoms with Crippen molar-refractivity contribution in [1.29, 1.82) is 0 Å². The molecule has 0 amide bonds. The van der Waals surface area contributed by atoms with Crippen molar-refractivity contribution < 1.29 is 4.79 Å². The predicted octanol–water partition coefficient (Wildman–Crippen LogP) is 3.15. The maximum atomic E-state index is 10.8. The average Bonchev–Trinajstić information content (AvgIpc) is 3.25. The van der Waals surface area contributed by atoms with Gasteiger partial charge in [-0.15, -0.1) is 0 Å². The van der Waals surface area contributed by atoms with Crippen LogP contribution in [0.3, 0.4) is 0 Å². The summed E-state index contributed by atoms with van der Waals surface area (Å²) in [5, 5.41) is 3.34. The zero-order valence-electron chi connectivity index (χ0n) is 17.6. The molecule has 3 aromatic heterocycles. The summed E-state index contributed by atoms with van der Waals surface area (Å²) >= 11 is 0. The molecule has 0 atom stereocenters. The summed E-state index contributed by atoms with van der Waals surface area (Å²) in [6.07, 6.45) is 9.75. The van der Waals surface area contributed by atoms with Crippen LogP contribution in [-0.2, 0) is 17.8 Å². The van der Waals surface area contributed by atoms with Crippen molar-refractivity contribution in [2.75, 3.05) is 12.4 Å². The number of benzene rings is 1. The summed E-state index contributed by atoms with van der Waals surface area (Å²) in [5.74, 6) is 0.715. The highest BCUT2D eigenvalue weighted by Crippen LogP contribution is 2.21. The minimum atomic E-state index is 0.372. The van der Waals surface area contributed by atoms with Crippen LogP contribution >= 0.6 is 0 Å². The van der Waals surface area contributed by atoms with Gasteiger partial charge in [-0.05, 0) is 28.8 Å². The lowest BCUT2D eigenvalue weighted by Crippen LogP contribution is -2.03. The first kappa shape index (κ1) is 20.9. The Morgan fingerprint density at radius 1 is 1.12 bits per heavy atom. The number of allylic oxidation sites excluding steroid dienone is 1. The number of rotatable bonds is 8. The van der Waals surface area contributed by atoms with Crippen LogP contribution in [0.2, 0.25) is 0 Å². The van der Waals surface area contributed by atoms with E-state index in [2.05, 4.69) is 25.3 Å². The van der Waals surface area contributed by atoms with Crippen LogP contribution in [-0.4, -0.2) is 38.9 Å². The number of nitrogens with zero attached hydrogens (tertiary/aromatic N) is 5. The molecule has 8 nitrogen and oxygen atoms in total.